The Morgan fingerprint density at radius 2 is 2.08 bits per heavy atom. The van der Waals surface area contributed by atoms with Gasteiger partial charge in [-0.15, -0.1) is 0 Å². The summed E-state index contributed by atoms with van der Waals surface area (Å²) >= 11 is 0. The molecule has 64 valence electrons. The smallest absolute Gasteiger partial charge is 0.117 e. The Balaban J connectivity index is 2.36. The summed E-state index contributed by atoms with van der Waals surface area (Å²) in [5, 5.41) is 0. The van der Waals surface area contributed by atoms with Crippen LogP contribution in [-0.2, 0) is 10.3 Å². The van der Waals surface area contributed by atoms with Crippen LogP contribution in [0.25, 0.3) is 0 Å². The van der Waals surface area contributed by atoms with Crippen molar-refractivity contribution in [1.82, 2.24) is 0 Å². The third kappa shape index (κ3) is 1.05. The van der Waals surface area contributed by atoms with Crippen molar-refractivity contribution in [3.8, 4) is 0 Å². The number of aryl methyl sites for hydroxylation is 1. The zero-order valence-corrected chi connectivity index (χ0v) is 7.79. The zero-order chi connectivity index (χ0) is 8.77. The van der Waals surface area contributed by atoms with E-state index < -0.39 is 0 Å². The van der Waals surface area contributed by atoms with Crippen molar-refractivity contribution in [3.05, 3.63) is 35.4 Å². The molecule has 0 radical (unpaired) electrons. The molecule has 2 rings (SSSR count). The van der Waals surface area contributed by atoms with Gasteiger partial charge in [0.05, 0.1) is 6.10 Å². The van der Waals surface area contributed by atoms with Crippen LogP contribution in [0.15, 0.2) is 24.3 Å². The van der Waals surface area contributed by atoms with E-state index in [1.54, 1.807) is 0 Å². The van der Waals surface area contributed by atoms with Crippen molar-refractivity contribution in [2.45, 2.75) is 32.5 Å². The molecule has 12 heavy (non-hydrogen) atoms. The molecule has 0 bridgehead atoms. The maximum absolute atomic E-state index is 5.55. The summed E-state index contributed by atoms with van der Waals surface area (Å²) in [7, 11) is 0. The maximum Gasteiger partial charge on any atom is 0.117 e. The van der Waals surface area contributed by atoms with Crippen molar-refractivity contribution < 1.29 is 4.74 Å². The van der Waals surface area contributed by atoms with Crippen LogP contribution in [0.2, 0.25) is 0 Å². The van der Waals surface area contributed by atoms with Crippen molar-refractivity contribution in [2.75, 3.05) is 0 Å². The standard InChI is InChI=1S/C11H14O/c1-8-5-4-6-10(7-8)11(3)9(2)12-11/h4-7,9H,1-3H3. The van der Waals surface area contributed by atoms with Crippen LogP contribution in [0.5, 0.6) is 0 Å². The van der Waals surface area contributed by atoms with Gasteiger partial charge in [-0.25, -0.2) is 0 Å². The van der Waals surface area contributed by atoms with Gasteiger partial charge in [0.15, 0.2) is 0 Å². The van der Waals surface area contributed by atoms with Gasteiger partial charge < -0.3 is 4.74 Å². The van der Waals surface area contributed by atoms with Crippen molar-refractivity contribution in [1.29, 1.82) is 0 Å². The van der Waals surface area contributed by atoms with Gasteiger partial charge in [0.25, 0.3) is 0 Å². The summed E-state index contributed by atoms with van der Waals surface area (Å²) in [4.78, 5) is 0. The quantitative estimate of drug-likeness (QED) is 0.578. The van der Waals surface area contributed by atoms with Gasteiger partial charge in [0, 0.05) is 0 Å². The summed E-state index contributed by atoms with van der Waals surface area (Å²) < 4.78 is 5.55. The molecule has 0 aromatic heterocycles. The SMILES string of the molecule is Cc1cccc(C2(C)OC2C)c1. The highest BCUT2D eigenvalue weighted by atomic mass is 16.6. The number of hydrogen-bond acceptors (Lipinski definition) is 1. The van der Waals surface area contributed by atoms with E-state index in [1.807, 2.05) is 0 Å². The fourth-order valence-electron chi connectivity index (χ4n) is 1.59. The molecule has 2 unspecified atom stereocenters. The van der Waals surface area contributed by atoms with Crippen LogP contribution in [0, 0.1) is 6.92 Å². The van der Waals surface area contributed by atoms with Gasteiger partial charge in [-0.05, 0) is 26.3 Å². The van der Waals surface area contributed by atoms with E-state index in [0.29, 0.717) is 6.10 Å². The van der Waals surface area contributed by atoms with E-state index in [1.165, 1.54) is 11.1 Å². The Morgan fingerprint density at radius 3 is 2.58 bits per heavy atom. The van der Waals surface area contributed by atoms with Crippen molar-refractivity contribution >= 4 is 0 Å². The minimum absolute atomic E-state index is 0.00792. The van der Waals surface area contributed by atoms with E-state index in [0.717, 1.165) is 0 Å². The lowest BCUT2D eigenvalue weighted by Gasteiger charge is -2.06. The molecule has 2 atom stereocenters. The Morgan fingerprint density at radius 1 is 1.42 bits per heavy atom. The summed E-state index contributed by atoms with van der Waals surface area (Å²) in [6, 6.07) is 8.53. The van der Waals surface area contributed by atoms with Crippen molar-refractivity contribution in [3.63, 3.8) is 0 Å². The molecule has 1 heteroatoms. The average molecular weight is 162 g/mol. The van der Waals surface area contributed by atoms with Crippen LogP contribution < -0.4 is 0 Å². The molecule has 1 fully saturated rings. The van der Waals surface area contributed by atoms with Gasteiger partial charge in [0.1, 0.15) is 5.60 Å². The first-order chi connectivity index (χ1) is 5.63. The monoisotopic (exact) mass is 162 g/mol. The van der Waals surface area contributed by atoms with Crippen molar-refractivity contribution in [2.24, 2.45) is 0 Å². The first-order valence-corrected chi connectivity index (χ1v) is 4.38. The Kier molecular flexibility index (Phi) is 1.52. The fourth-order valence-corrected chi connectivity index (χ4v) is 1.59. The Hall–Kier alpha value is -0.820. The molecule has 0 spiro atoms. The second-order valence-corrected chi connectivity index (χ2v) is 3.74. The summed E-state index contributed by atoms with van der Waals surface area (Å²) in [5.74, 6) is 0. The lowest BCUT2D eigenvalue weighted by atomic mass is 9.97. The highest BCUT2D eigenvalue weighted by Crippen LogP contribution is 2.45. The molecule has 0 aliphatic carbocycles. The number of rotatable bonds is 1. The van der Waals surface area contributed by atoms with E-state index in [2.05, 4.69) is 45.0 Å². The van der Waals surface area contributed by atoms with E-state index in [4.69, 9.17) is 4.74 Å². The van der Waals surface area contributed by atoms with Crippen LogP contribution >= 0.6 is 0 Å². The van der Waals surface area contributed by atoms with Gasteiger partial charge in [-0.1, -0.05) is 29.8 Å². The van der Waals surface area contributed by atoms with Crippen LogP contribution in [0.4, 0.5) is 0 Å². The minimum Gasteiger partial charge on any atom is -0.362 e. The van der Waals surface area contributed by atoms with E-state index in [-0.39, 0.29) is 5.60 Å². The van der Waals surface area contributed by atoms with Gasteiger partial charge in [-0.2, -0.15) is 0 Å². The number of epoxide rings is 1. The van der Waals surface area contributed by atoms with Gasteiger partial charge in [-0.3, -0.25) is 0 Å². The normalized spacial score (nSPS) is 33.4. The average Bonchev–Trinajstić information content (AvgIpc) is 2.61. The number of hydrogen-bond donors (Lipinski definition) is 0. The Bertz CT molecular complexity index is 306. The molecule has 1 saturated heterocycles. The lowest BCUT2D eigenvalue weighted by molar-refractivity contribution is 0.316. The van der Waals surface area contributed by atoms with Crippen LogP contribution in [0.3, 0.4) is 0 Å². The number of benzene rings is 1. The fraction of sp³-hybridized carbons (Fsp3) is 0.455. The molecule has 1 aliphatic heterocycles. The third-order valence-corrected chi connectivity index (χ3v) is 2.73. The first kappa shape index (κ1) is 7.81. The maximum atomic E-state index is 5.55. The second-order valence-electron chi connectivity index (χ2n) is 3.74. The van der Waals surface area contributed by atoms with E-state index >= 15 is 0 Å². The van der Waals surface area contributed by atoms with Gasteiger partial charge >= 0.3 is 0 Å². The molecule has 1 nitrogen and oxygen atoms in total. The molecular weight excluding hydrogens is 148 g/mol. The predicted octanol–water partition coefficient (Wildman–Crippen LogP) is 2.63. The Labute approximate surface area is 73.4 Å². The molecule has 1 aliphatic rings. The molecule has 0 N–H and O–H groups in total. The molecule has 0 amide bonds. The zero-order valence-electron chi connectivity index (χ0n) is 7.79. The predicted molar refractivity (Wildman–Crippen MR) is 49.1 cm³/mol. The minimum atomic E-state index is -0.00792. The highest BCUT2D eigenvalue weighted by Gasteiger charge is 2.50. The largest absolute Gasteiger partial charge is 0.362 e. The van der Waals surface area contributed by atoms with Gasteiger partial charge in [0.2, 0.25) is 0 Å². The molecule has 0 saturated carbocycles. The molecular formula is C11H14O. The second kappa shape index (κ2) is 2.33. The highest BCUT2D eigenvalue weighted by molar-refractivity contribution is 5.31. The van der Waals surface area contributed by atoms with Crippen LogP contribution in [0.1, 0.15) is 25.0 Å². The first-order valence-electron chi connectivity index (χ1n) is 4.38. The molecule has 1 aromatic carbocycles. The summed E-state index contributed by atoms with van der Waals surface area (Å²) in [6.45, 7) is 6.37. The summed E-state index contributed by atoms with van der Waals surface area (Å²) in [5.41, 5.74) is 2.60. The molecule has 1 heterocycles. The van der Waals surface area contributed by atoms with E-state index in [9.17, 15) is 0 Å². The molecule has 1 aromatic rings. The number of ether oxygens (including phenoxy) is 1. The third-order valence-electron chi connectivity index (χ3n) is 2.73. The van der Waals surface area contributed by atoms with Crippen LogP contribution in [-0.4, -0.2) is 6.10 Å². The lowest BCUT2D eigenvalue weighted by Crippen LogP contribution is -2.05. The summed E-state index contributed by atoms with van der Waals surface area (Å²) in [6.07, 6.45) is 0.374. The topological polar surface area (TPSA) is 12.5 Å².